The van der Waals surface area contributed by atoms with Crippen LogP contribution in [0.15, 0.2) is 0 Å². The molecule has 0 aromatic carbocycles. The molecule has 0 saturated heterocycles. The van der Waals surface area contributed by atoms with Gasteiger partial charge in [0.05, 0.1) is 11.4 Å². The molecule has 2 N–H and O–H groups in total. The molecule has 1 unspecified atom stereocenters. The summed E-state index contributed by atoms with van der Waals surface area (Å²) < 4.78 is 0. The Morgan fingerprint density at radius 2 is 2.00 bits per heavy atom. The minimum absolute atomic E-state index is 0.00255. The van der Waals surface area contributed by atoms with Crippen LogP contribution in [0.5, 0.6) is 0 Å². The van der Waals surface area contributed by atoms with Crippen LogP contribution in [0.4, 0.5) is 0 Å². The Balaban J connectivity index is 4.22. The summed E-state index contributed by atoms with van der Waals surface area (Å²) in [7, 11) is 0. The molecule has 0 heterocycles. The third-order valence-corrected chi connectivity index (χ3v) is 2.71. The Bertz CT molecular complexity index is 197. The third kappa shape index (κ3) is 4.26. The van der Waals surface area contributed by atoms with Gasteiger partial charge in [0, 0.05) is 6.54 Å². The van der Waals surface area contributed by atoms with Crippen molar-refractivity contribution in [3.63, 3.8) is 0 Å². The highest BCUT2D eigenvalue weighted by atomic mass is 79.9. The second kappa shape index (κ2) is 5.96. The van der Waals surface area contributed by atoms with Crippen LogP contribution in [-0.2, 0) is 9.59 Å². The van der Waals surface area contributed by atoms with E-state index < -0.39 is 5.91 Å². The first-order chi connectivity index (χ1) is 6.02. The molecule has 0 aromatic rings. The monoisotopic (exact) mass is 250 g/mol. The zero-order chi connectivity index (χ0) is 10.4. The van der Waals surface area contributed by atoms with Gasteiger partial charge in [-0.15, -0.1) is 0 Å². The molecule has 2 amide bonds. The average molecular weight is 251 g/mol. The summed E-state index contributed by atoms with van der Waals surface area (Å²) in [6.45, 7) is 4.22. The van der Waals surface area contributed by atoms with E-state index >= 15 is 0 Å². The van der Waals surface area contributed by atoms with Crippen molar-refractivity contribution in [1.82, 2.24) is 4.90 Å². The standard InChI is InChI=1S/C8H15BrN2O2/c1-3-6(9)8(13)11(4-2)5-7(10)12/h6H,3-5H2,1-2H3,(H2,10,12). The summed E-state index contributed by atoms with van der Waals surface area (Å²) >= 11 is 3.23. The zero-order valence-electron chi connectivity index (χ0n) is 7.92. The molecule has 0 saturated carbocycles. The molecule has 13 heavy (non-hydrogen) atoms. The van der Waals surface area contributed by atoms with E-state index in [-0.39, 0.29) is 17.3 Å². The number of halogens is 1. The molecule has 0 aliphatic rings. The van der Waals surface area contributed by atoms with Gasteiger partial charge in [0.25, 0.3) is 0 Å². The van der Waals surface area contributed by atoms with E-state index in [0.29, 0.717) is 13.0 Å². The van der Waals surface area contributed by atoms with Crippen molar-refractivity contribution < 1.29 is 9.59 Å². The number of alkyl halides is 1. The van der Waals surface area contributed by atoms with Gasteiger partial charge in [-0.25, -0.2) is 0 Å². The second-order valence-corrected chi connectivity index (χ2v) is 3.80. The highest BCUT2D eigenvalue weighted by Gasteiger charge is 2.19. The molecule has 0 aromatic heterocycles. The summed E-state index contributed by atoms with van der Waals surface area (Å²) in [6.07, 6.45) is 0.702. The van der Waals surface area contributed by atoms with Crippen molar-refractivity contribution in [2.45, 2.75) is 25.1 Å². The quantitative estimate of drug-likeness (QED) is 0.723. The fourth-order valence-corrected chi connectivity index (χ4v) is 1.20. The van der Waals surface area contributed by atoms with Crippen LogP contribution < -0.4 is 5.73 Å². The molecule has 0 aliphatic carbocycles. The Kier molecular flexibility index (Phi) is 5.70. The molecule has 0 aliphatic heterocycles. The van der Waals surface area contributed by atoms with Crippen LogP contribution in [0.3, 0.4) is 0 Å². The molecule has 0 bridgehead atoms. The van der Waals surface area contributed by atoms with Crippen molar-refractivity contribution in [2.24, 2.45) is 5.73 Å². The van der Waals surface area contributed by atoms with Crippen LogP contribution >= 0.6 is 15.9 Å². The van der Waals surface area contributed by atoms with Gasteiger partial charge < -0.3 is 10.6 Å². The number of nitrogens with two attached hydrogens (primary N) is 1. The predicted molar refractivity (Wildman–Crippen MR) is 54.5 cm³/mol. The zero-order valence-corrected chi connectivity index (χ0v) is 9.50. The van der Waals surface area contributed by atoms with Gasteiger partial charge in [-0.3, -0.25) is 9.59 Å². The van der Waals surface area contributed by atoms with E-state index in [1.807, 2.05) is 13.8 Å². The smallest absolute Gasteiger partial charge is 0.237 e. The largest absolute Gasteiger partial charge is 0.368 e. The number of primary amides is 1. The molecule has 1 atom stereocenters. The molecule has 76 valence electrons. The van der Waals surface area contributed by atoms with Crippen molar-refractivity contribution in [3.8, 4) is 0 Å². The maximum absolute atomic E-state index is 11.5. The Morgan fingerprint density at radius 3 is 2.31 bits per heavy atom. The number of hydrogen-bond donors (Lipinski definition) is 1. The topological polar surface area (TPSA) is 63.4 Å². The van der Waals surface area contributed by atoms with E-state index in [1.54, 1.807) is 0 Å². The number of carbonyl (C=O) groups excluding carboxylic acids is 2. The minimum Gasteiger partial charge on any atom is -0.368 e. The maximum atomic E-state index is 11.5. The molecule has 0 rings (SSSR count). The highest BCUT2D eigenvalue weighted by Crippen LogP contribution is 2.08. The highest BCUT2D eigenvalue weighted by molar-refractivity contribution is 9.10. The van der Waals surface area contributed by atoms with Gasteiger partial charge in [-0.05, 0) is 13.3 Å². The summed E-state index contributed by atoms with van der Waals surface area (Å²) in [5.74, 6) is -0.560. The molecule has 0 spiro atoms. The van der Waals surface area contributed by atoms with E-state index in [0.717, 1.165) is 0 Å². The molecule has 5 heteroatoms. The van der Waals surface area contributed by atoms with Crippen LogP contribution in [0.25, 0.3) is 0 Å². The van der Waals surface area contributed by atoms with Gasteiger partial charge in [0.1, 0.15) is 0 Å². The van der Waals surface area contributed by atoms with E-state index in [4.69, 9.17) is 5.73 Å². The van der Waals surface area contributed by atoms with Gasteiger partial charge in [0.2, 0.25) is 11.8 Å². The summed E-state index contributed by atoms with van der Waals surface area (Å²) in [5, 5.41) is 0. The Labute approximate surface area is 86.6 Å². The lowest BCUT2D eigenvalue weighted by molar-refractivity contribution is -0.134. The van der Waals surface area contributed by atoms with E-state index in [9.17, 15) is 9.59 Å². The predicted octanol–water partition coefficient (Wildman–Crippen LogP) is 0.494. The minimum atomic E-state index is -0.481. The second-order valence-electron chi connectivity index (χ2n) is 2.69. The first-order valence-electron chi connectivity index (χ1n) is 4.24. The van der Waals surface area contributed by atoms with Crippen molar-refractivity contribution in [2.75, 3.05) is 13.1 Å². The van der Waals surface area contributed by atoms with Gasteiger partial charge in [0.15, 0.2) is 0 Å². The fourth-order valence-electron chi connectivity index (χ4n) is 0.906. The molecule has 0 radical (unpaired) electrons. The van der Waals surface area contributed by atoms with Crippen LogP contribution in [0, 0.1) is 0 Å². The number of rotatable bonds is 5. The molecular weight excluding hydrogens is 236 g/mol. The van der Waals surface area contributed by atoms with Crippen LogP contribution in [-0.4, -0.2) is 34.6 Å². The fraction of sp³-hybridized carbons (Fsp3) is 0.750. The Morgan fingerprint density at radius 1 is 1.46 bits per heavy atom. The first kappa shape index (κ1) is 12.4. The number of amides is 2. The summed E-state index contributed by atoms with van der Waals surface area (Å²) in [5.41, 5.74) is 5.00. The Hall–Kier alpha value is -0.580. The average Bonchev–Trinajstić information content (AvgIpc) is 2.11. The maximum Gasteiger partial charge on any atom is 0.237 e. The lowest BCUT2D eigenvalue weighted by Crippen LogP contribution is -2.41. The van der Waals surface area contributed by atoms with Crippen molar-refractivity contribution in [1.29, 1.82) is 0 Å². The van der Waals surface area contributed by atoms with Gasteiger partial charge in [-0.1, -0.05) is 22.9 Å². The number of likely N-dealkylation sites (N-methyl/N-ethyl adjacent to an activating group) is 1. The number of carbonyl (C=O) groups is 2. The molecule has 0 fully saturated rings. The van der Waals surface area contributed by atoms with Gasteiger partial charge >= 0.3 is 0 Å². The van der Waals surface area contributed by atoms with Crippen molar-refractivity contribution >= 4 is 27.7 Å². The lowest BCUT2D eigenvalue weighted by Gasteiger charge is -2.21. The number of hydrogen-bond acceptors (Lipinski definition) is 2. The normalized spacial score (nSPS) is 12.2. The SMILES string of the molecule is CCC(Br)C(=O)N(CC)CC(N)=O. The summed E-state index contributed by atoms with van der Waals surface area (Å²) in [6, 6.07) is 0. The molecular formula is C8H15BrN2O2. The number of nitrogens with zero attached hydrogens (tertiary/aromatic N) is 1. The lowest BCUT2D eigenvalue weighted by atomic mass is 10.3. The molecule has 4 nitrogen and oxygen atoms in total. The third-order valence-electron chi connectivity index (χ3n) is 1.67. The van der Waals surface area contributed by atoms with E-state index in [1.165, 1.54) is 4.90 Å². The van der Waals surface area contributed by atoms with Crippen LogP contribution in [0.2, 0.25) is 0 Å². The first-order valence-corrected chi connectivity index (χ1v) is 5.15. The van der Waals surface area contributed by atoms with Gasteiger partial charge in [-0.2, -0.15) is 0 Å². The van der Waals surface area contributed by atoms with Crippen molar-refractivity contribution in [3.05, 3.63) is 0 Å². The van der Waals surface area contributed by atoms with Crippen LogP contribution in [0.1, 0.15) is 20.3 Å². The summed E-state index contributed by atoms with van der Waals surface area (Å²) in [4.78, 5) is 23.3. The van der Waals surface area contributed by atoms with E-state index in [2.05, 4.69) is 15.9 Å².